The van der Waals surface area contributed by atoms with Gasteiger partial charge in [0.15, 0.2) is 0 Å². The van der Waals surface area contributed by atoms with Crippen molar-refractivity contribution in [2.24, 2.45) is 0 Å². The zero-order valence-electron chi connectivity index (χ0n) is 16.3. The lowest BCUT2D eigenvalue weighted by atomic mass is 10.2. The highest BCUT2D eigenvalue weighted by Gasteiger charge is 2.27. The fourth-order valence-corrected chi connectivity index (χ4v) is 3.30. The average molecular weight is 386 g/mol. The highest BCUT2D eigenvalue weighted by Crippen LogP contribution is 2.25. The molecule has 2 aromatic rings. The minimum absolute atomic E-state index is 0.0321. The molecule has 1 aliphatic heterocycles. The van der Waals surface area contributed by atoms with Crippen LogP contribution in [0.5, 0.6) is 0 Å². The molecule has 150 valence electrons. The van der Waals surface area contributed by atoms with Crippen molar-refractivity contribution >= 4 is 11.8 Å². The van der Waals surface area contributed by atoms with Crippen LogP contribution in [0.25, 0.3) is 11.4 Å². The molecular weight excluding hydrogens is 360 g/mol. The van der Waals surface area contributed by atoms with E-state index in [1.807, 2.05) is 30.3 Å². The van der Waals surface area contributed by atoms with E-state index in [1.54, 1.807) is 19.1 Å². The molecule has 1 N–H and O–H groups in total. The molecule has 0 radical (unpaired) electrons. The van der Waals surface area contributed by atoms with Crippen molar-refractivity contribution in [2.75, 3.05) is 47.1 Å². The quantitative estimate of drug-likeness (QED) is 0.717. The fraction of sp³-hybridized carbons (Fsp3) is 0.450. The average Bonchev–Trinajstić information content (AvgIpc) is 2.95. The summed E-state index contributed by atoms with van der Waals surface area (Å²) in [5, 5.41) is 2.66. The first kappa shape index (κ1) is 20.0. The van der Waals surface area contributed by atoms with Gasteiger partial charge in [-0.3, -0.25) is 9.59 Å². The second-order valence-corrected chi connectivity index (χ2v) is 6.50. The number of methoxy groups -OCH3 is 1. The lowest BCUT2D eigenvalue weighted by molar-refractivity contribution is -0.136. The maximum absolute atomic E-state index is 12.5. The SMILES string of the molecule is CNC(=O)c1nc(-c2ccccc2)n2c1CCN(C(=O)COCCOC)CC2. The maximum Gasteiger partial charge on any atom is 0.271 e. The van der Waals surface area contributed by atoms with Crippen molar-refractivity contribution in [1.82, 2.24) is 19.8 Å². The largest absolute Gasteiger partial charge is 0.382 e. The van der Waals surface area contributed by atoms with Crippen LogP contribution in [-0.4, -0.2) is 73.3 Å². The number of nitrogens with zero attached hydrogens (tertiary/aromatic N) is 3. The van der Waals surface area contributed by atoms with Crippen LogP contribution in [0.15, 0.2) is 30.3 Å². The summed E-state index contributed by atoms with van der Waals surface area (Å²) in [6.07, 6.45) is 0.562. The zero-order chi connectivity index (χ0) is 19.9. The van der Waals surface area contributed by atoms with E-state index < -0.39 is 0 Å². The molecule has 0 fully saturated rings. The van der Waals surface area contributed by atoms with Gasteiger partial charge in [-0.25, -0.2) is 4.98 Å². The molecule has 0 bridgehead atoms. The second kappa shape index (κ2) is 9.48. The van der Waals surface area contributed by atoms with Crippen molar-refractivity contribution in [3.63, 3.8) is 0 Å². The highest BCUT2D eigenvalue weighted by molar-refractivity contribution is 5.94. The van der Waals surface area contributed by atoms with Gasteiger partial charge in [-0.15, -0.1) is 0 Å². The van der Waals surface area contributed by atoms with Crippen LogP contribution < -0.4 is 5.32 Å². The maximum atomic E-state index is 12.5. The molecule has 28 heavy (non-hydrogen) atoms. The number of carbonyl (C=O) groups is 2. The Labute approximate surface area is 164 Å². The molecule has 2 amide bonds. The third-order valence-corrected chi connectivity index (χ3v) is 4.77. The molecule has 8 heteroatoms. The summed E-state index contributed by atoms with van der Waals surface area (Å²) in [4.78, 5) is 31.2. The van der Waals surface area contributed by atoms with Crippen LogP contribution in [0.3, 0.4) is 0 Å². The molecule has 0 atom stereocenters. The number of ether oxygens (including phenoxy) is 2. The Morgan fingerprint density at radius 2 is 1.93 bits per heavy atom. The lowest BCUT2D eigenvalue weighted by Gasteiger charge is -2.20. The number of fused-ring (bicyclic) bond motifs is 1. The lowest BCUT2D eigenvalue weighted by Crippen LogP contribution is -2.36. The Balaban J connectivity index is 1.81. The highest BCUT2D eigenvalue weighted by atomic mass is 16.5. The van der Waals surface area contributed by atoms with E-state index in [1.165, 1.54) is 0 Å². The summed E-state index contributed by atoms with van der Waals surface area (Å²) < 4.78 is 12.3. The molecule has 0 unspecified atom stereocenters. The van der Waals surface area contributed by atoms with E-state index in [2.05, 4.69) is 14.9 Å². The van der Waals surface area contributed by atoms with Crippen LogP contribution in [-0.2, 0) is 27.2 Å². The number of aromatic nitrogens is 2. The second-order valence-electron chi connectivity index (χ2n) is 6.50. The molecule has 1 aromatic carbocycles. The number of nitrogens with one attached hydrogen (secondary N) is 1. The van der Waals surface area contributed by atoms with Crippen molar-refractivity contribution in [3.05, 3.63) is 41.7 Å². The van der Waals surface area contributed by atoms with Crippen molar-refractivity contribution in [1.29, 1.82) is 0 Å². The number of hydrogen-bond donors (Lipinski definition) is 1. The van der Waals surface area contributed by atoms with E-state index in [0.29, 0.717) is 45.0 Å². The van der Waals surface area contributed by atoms with Crippen molar-refractivity contribution in [2.45, 2.75) is 13.0 Å². The van der Waals surface area contributed by atoms with Gasteiger partial charge < -0.3 is 24.3 Å². The zero-order valence-corrected chi connectivity index (χ0v) is 16.3. The molecule has 1 aromatic heterocycles. The molecule has 0 spiro atoms. The minimum Gasteiger partial charge on any atom is -0.382 e. The van der Waals surface area contributed by atoms with Crippen LogP contribution in [0.2, 0.25) is 0 Å². The summed E-state index contributed by atoms with van der Waals surface area (Å²) in [6, 6.07) is 9.78. The van der Waals surface area contributed by atoms with Crippen molar-refractivity contribution < 1.29 is 19.1 Å². The summed E-state index contributed by atoms with van der Waals surface area (Å²) >= 11 is 0. The van der Waals surface area contributed by atoms with E-state index in [9.17, 15) is 9.59 Å². The van der Waals surface area contributed by atoms with Gasteiger partial charge in [0, 0.05) is 45.8 Å². The van der Waals surface area contributed by atoms with Crippen LogP contribution in [0, 0.1) is 0 Å². The Kier molecular flexibility index (Phi) is 6.78. The Bertz CT molecular complexity index is 819. The number of imidazole rings is 1. The summed E-state index contributed by atoms with van der Waals surface area (Å²) in [7, 11) is 3.19. The van der Waals surface area contributed by atoms with E-state index >= 15 is 0 Å². The first-order chi connectivity index (χ1) is 13.7. The molecule has 0 aliphatic carbocycles. The normalized spacial score (nSPS) is 13.7. The summed E-state index contributed by atoms with van der Waals surface area (Å²) in [6.45, 7) is 2.52. The number of amides is 2. The van der Waals surface area contributed by atoms with Crippen LogP contribution >= 0.6 is 0 Å². The van der Waals surface area contributed by atoms with Gasteiger partial charge >= 0.3 is 0 Å². The minimum atomic E-state index is -0.214. The van der Waals surface area contributed by atoms with Gasteiger partial charge in [0.1, 0.15) is 18.1 Å². The van der Waals surface area contributed by atoms with Crippen LogP contribution in [0.4, 0.5) is 0 Å². The number of rotatable bonds is 7. The third-order valence-electron chi connectivity index (χ3n) is 4.77. The van der Waals surface area contributed by atoms with E-state index in [0.717, 1.165) is 17.1 Å². The smallest absolute Gasteiger partial charge is 0.271 e. The first-order valence-corrected chi connectivity index (χ1v) is 9.37. The molecule has 3 rings (SSSR count). The molecule has 2 heterocycles. The molecular formula is C20H26N4O4. The first-order valence-electron chi connectivity index (χ1n) is 9.37. The Hall–Kier alpha value is -2.71. The standard InChI is InChI=1S/C20H26N4O4/c1-21-20(26)18-16-8-9-23(17(25)14-28-13-12-27-2)10-11-24(16)19(22-18)15-6-4-3-5-7-15/h3-7H,8-14H2,1-2H3,(H,21,26). The topological polar surface area (TPSA) is 85.7 Å². The van der Waals surface area contributed by atoms with E-state index in [4.69, 9.17) is 9.47 Å². The third kappa shape index (κ3) is 4.40. The Morgan fingerprint density at radius 1 is 1.14 bits per heavy atom. The predicted molar refractivity (Wildman–Crippen MR) is 104 cm³/mol. The van der Waals surface area contributed by atoms with Gasteiger partial charge in [0.25, 0.3) is 5.91 Å². The molecule has 0 saturated carbocycles. The summed E-state index contributed by atoms with van der Waals surface area (Å²) in [5.41, 5.74) is 2.22. The Morgan fingerprint density at radius 3 is 2.64 bits per heavy atom. The van der Waals surface area contributed by atoms with Gasteiger partial charge in [-0.1, -0.05) is 30.3 Å². The monoisotopic (exact) mass is 386 g/mol. The van der Waals surface area contributed by atoms with Gasteiger partial charge in [0.05, 0.1) is 18.9 Å². The number of carbonyl (C=O) groups excluding carboxylic acids is 2. The van der Waals surface area contributed by atoms with Crippen molar-refractivity contribution in [3.8, 4) is 11.4 Å². The number of hydrogen-bond acceptors (Lipinski definition) is 5. The predicted octanol–water partition coefficient (Wildman–Crippen LogP) is 0.957. The van der Waals surface area contributed by atoms with Gasteiger partial charge in [0.2, 0.25) is 5.91 Å². The fourth-order valence-electron chi connectivity index (χ4n) is 3.30. The van der Waals surface area contributed by atoms with E-state index in [-0.39, 0.29) is 18.4 Å². The van der Waals surface area contributed by atoms with Gasteiger partial charge in [-0.2, -0.15) is 0 Å². The van der Waals surface area contributed by atoms with Gasteiger partial charge in [-0.05, 0) is 0 Å². The molecule has 8 nitrogen and oxygen atoms in total. The van der Waals surface area contributed by atoms with Crippen LogP contribution in [0.1, 0.15) is 16.2 Å². The number of benzene rings is 1. The summed E-state index contributed by atoms with van der Waals surface area (Å²) in [5.74, 6) is 0.478. The molecule has 1 aliphatic rings. The molecule has 0 saturated heterocycles.